The van der Waals surface area contributed by atoms with Crippen molar-refractivity contribution in [3.63, 3.8) is 0 Å². The fraction of sp³-hybridized carbons (Fsp3) is 0.219. The Morgan fingerprint density at radius 3 is 2.05 bits per heavy atom. The average Bonchev–Trinajstić information content (AvgIpc) is 3.54. The Hall–Kier alpha value is -5.49. The number of aliphatic hydroxyl groups is 1. The van der Waals surface area contributed by atoms with Gasteiger partial charge >= 0.3 is 17.9 Å². The van der Waals surface area contributed by atoms with Gasteiger partial charge in [-0.2, -0.15) is 5.10 Å². The van der Waals surface area contributed by atoms with E-state index in [0.717, 1.165) is 0 Å². The number of carbonyl (C=O) groups is 4. The van der Waals surface area contributed by atoms with Gasteiger partial charge in [-0.05, 0) is 42.0 Å². The van der Waals surface area contributed by atoms with Crippen LogP contribution in [-0.2, 0) is 23.9 Å². The van der Waals surface area contributed by atoms with Crippen LogP contribution in [0.1, 0.15) is 34.7 Å². The van der Waals surface area contributed by atoms with Crippen LogP contribution in [0.25, 0.3) is 0 Å². The first-order valence-electron chi connectivity index (χ1n) is 13.7. The largest absolute Gasteiger partial charge is 0.494 e. The molecule has 44 heavy (non-hydrogen) atoms. The van der Waals surface area contributed by atoms with Gasteiger partial charge < -0.3 is 19.7 Å². The van der Waals surface area contributed by atoms with Gasteiger partial charge in [-0.3, -0.25) is 14.4 Å². The van der Waals surface area contributed by atoms with Gasteiger partial charge in [0.25, 0.3) is 5.91 Å². The number of nitrogens with zero attached hydrogens (tertiary/aromatic N) is 3. The third kappa shape index (κ3) is 5.88. The van der Waals surface area contributed by atoms with Crippen LogP contribution in [0.15, 0.2) is 101 Å². The topological polar surface area (TPSA) is 158 Å². The second-order valence-corrected chi connectivity index (χ2v) is 10.1. The molecular weight excluding hydrogens is 568 g/mol. The molecule has 3 aromatic carbocycles. The molecule has 0 bridgehead atoms. The van der Waals surface area contributed by atoms with E-state index in [1.54, 1.807) is 66.7 Å². The first-order valence-corrected chi connectivity index (χ1v) is 13.7. The molecule has 5 rings (SSSR count). The molecule has 3 aromatic rings. The van der Waals surface area contributed by atoms with Gasteiger partial charge in [0.05, 0.1) is 61.7 Å². The molecule has 0 unspecified atom stereocenters. The highest BCUT2D eigenvalue weighted by Gasteiger charge is 2.49. The summed E-state index contributed by atoms with van der Waals surface area (Å²) < 4.78 is 9.86. The molecule has 0 saturated carbocycles. The minimum Gasteiger partial charge on any atom is -0.494 e. The maximum absolute atomic E-state index is 14.3. The fourth-order valence-corrected chi connectivity index (χ4v) is 5.46. The number of aliphatic hydroxyl groups excluding tert-OH is 1. The molecule has 0 aromatic heterocycles. The number of amides is 1. The zero-order chi connectivity index (χ0) is 31.4. The quantitative estimate of drug-likeness (QED) is 0.293. The molecule has 0 spiro atoms. The summed E-state index contributed by atoms with van der Waals surface area (Å²) >= 11 is 0. The zero-order valence-corrected chi connectivity index (χ0v) is 23.9. The van der Waals surface area contributed by atoms with Crippen LogP contribution in [0, 0.1) is 5.92 Å². The monoisotopic (exact) mass is 598 g/mol. The van der Waals surface area contributed by atoms with Crippen molar-refractivity contribution in [2.24, 2.45) is 11.0 Å². The summed E-state index contributed by atoms with van der Waals surface area (Å²) in [4.78, 5) is 51.1. The SMILES string of the molecule is COC(=O)CC1=NN(c2ccccc2)C(=O)[C@H]1[C@@H](C1=C(O)N(c2ccccc2)N[C@@H]1CC(=O)OC)c1ccc(C(=O)O)cc1. The molecule has 226 valence electrons. The molecule has 2 heterocycles. The van der Waals surface area contributed by atoms with Crippen LogP contribution >= 0.6 is 0 Å². The Morgan fingerprint density at radius 1 is 0.886 bits per heavy atom. The Bertz CT molecular complexity index is 1620. The van der Waals surface area contributed by atoms with Crippen molar-refractivity contribution < 1.29 is 38.9 Å². The van der Waals surface area contributed by atoms with E-state index < -0.39 is 41.7 Å². The van der Waals surface area contributed by atoms with E-state index in [2.05, 4.69) is 10.5 Å². The van der Waals surface area contributed by atoms with Gasteiger partial charge in [-0.1, -0.05) is 48.5 Å². The summed E-state index contributed by atoms with van der Waals surface area (Å²) in [6.07, 6.45) is -0.540. The van der Waals surface area contributed by atoms with Crippen LogP contribution in [0.3, 0.4) is 0 Å². The lowest BCUT2D eigenvalue weighted by Crippen LogP contribution is -2.41. The lowest BCUT2D eigenvalue weighted by Gasteiger charge is -2.28. The molecule has 12 heteroatoms. The van der Waals surface area contributed by atoms with Crippen molar-refractivity contribution in [3.8, 4) is 0 Å². The Balaban J connectivity index is 1.71. The summed E-state index contributed by atoms with van der Waals surface area (Å²) in [6, 6.07) is 22.5. The van der Waals surface area contributed by atoms with E-state index >= 15 is 0 Å². The number of hydrazone groups is 1. The number of nitrogens with one attached hydrogen (secondary N) is 1. The zero-order valence-electron chi connectivity index (χ0n) is 23.9. The molecule has 3 N–H and O–H groups in total. The number of aromatic carboxylic acids is 1. The van der Waals surface area contributed by atoms with Crippen LogP contribution < -0.4 is 15.4 Å². The molecule has 2 aliphatic rings. The number of hydrogen-bond donors (Lipinski definition) is 3. The highest BCUT2D eigenvalue weighted by molar-refractivity contribution is 6.20. The lowest BCUT2D eigenvalue weighted by molar-refractivity contribution is -0.141. The predicted octanol–water partition coefficient (Wildman–Crippen LogP) is 3.78. The van der Waals surface area contributed by atoms with Gasteiger partial charge in [0.15, 0.2) is 0 Å². The van der Waals surface area contributed by atoms with Crippen molar-refractivity contribution in [3.05, 3.63) is 108 Å². The van der Waals surface area contributed by atoms with Gasteiger partial charge in [0.1, 0.15) is 0 Å². The number of para-hydroxylation sites is 2. The third-order valence-corrected chi connectivity index (χ3v) is 7.54. The minimum atomic E-state index is -1.14. The summed E-state index contributed by atoms with van der Waals surface area (Å²) in [5, 5.41) is 28.5. The van der Waals surface area contributed by atoms with E-state index in [0.29, 0.717) is 16.9 Å². The molecule has 0 fully saturated rings. The fourth-order valence-electron chi connectivity index (χ4n) is 5.46. The van der Waals surface area contributed by atoms with Gasteiger partial charge in [-0.25, -0.2) is 20.2 Å². The molecule has 2 aliphatic heterocycles. The number of esters is 2. The number of hydrogen-bond acceptors (Lipinski definition) is 10. The van der Waals surface area contributed by atoms with E-state index in [9.17, 15) is 29.4 Å². The standard InChI is InChI=1S/C32H30N4O8/c1-43-25(37)17-23-28(30(39)35(33-23)21-9-5-3-6-10-21)27(19-13-15-20(16-14-19)32(41)42)29-24(18-26(38)44-2)34-36(31(29)40)22-11-7-4-8-12-22/h3-16,23,27,29,33,39H,17-18H2,1-2H3,(H,41,42)/t23-,27-,29-/m1/s1. The number of rotatable bonds is 10. The van der Waals surface area contributed by atoms with Crippen LogP contribution in [0.5, 0.6) is 0 Å². The Kier molecular flexibility index (Phi) is 8.72. The Labute approximate surface area is 252 Å². The van der Waals surface area contributed by atoms with Gasteiger partial charge in [-0.15, -0.1) is 0 Å². The molecule has 0 saturated heterocycles. The van der Waals surface area contributed by atoms with E-state index in [1.807, 2.05) is 6.07 Å². The predicted molar refractivity (Wildman–Crippen MR) is 160 cm³/mol. The number of ether oxygens (including phenoxy) is 2. The normalized spacial score (nSPS) is 18.7. The first-order chi connectivity index (χ1) is 21.2. The van der Waals surface area contributed by atoms with Crippen molar-refractivity contribution in [2.75, 3.05) is 24.2 Å². The number of carboxylic acid groups (broad SMARTS) is 1. The van der Waals surface area contributed by atoms with Crippen LogP contribution in [0.4, 0.5) is 11.4 Å². The average molecular weight is 599 g/mol. The number of anilines is 2. The van der Waals surface area contributed by atoms with Crippen molar-refractivity contribution >= 4 is 40.9 Å². The van der Waals surface area contributed by atoms with E-state index in [1.165, 1.54) is 36.4 Å². The smallest absolute Gasteiger partial charge is 0.335 e. The van der Waals surface area contributed by atoms with Crippen molar-refractivity contribution in [1.82, 2.24) is 5.43 Å². The molecule has 1 amide bonds. The third-order valence-electron chi connectivity index (χ3n) is 7.54. The number of benzene rings is 3. The number of hydrazine groups is 1. The molecule has 3 atom stereocenters. The Morgan fingerprint density at radius 2 is 1.48 bits per heavy atom. The van der Waals surface area contributed by atoms with Crippen LogP contribution in [0.2, 0.25) is 0 Å². The molecule has 0 radical (unpaired) electrons. The second-order valence-electron chi connectivity index (χ2n) is 10.1. The second kappa shape index (κ2) is 12.8. The van der Waals surface area contributed by atoms with Crippen molar-refractivity contribution in [2.45, 2.75) is 24.8 Å². The number of methoxy groups -OCH3 is 2. The van der Waals surface area contributed by atoms with E-state index in [-0.39, 0.29) is 35.6 Å². The van der Waals surface area contributed by atoms with Gasteiger partial charge in [0, 0.05) is 11.5 Å². The van der Waals surface area contributed by atoms with Crippen molar-refractivity contribution in [1.29, 1.82) is 0 Å². The highest BCUT2D eigenvalue weighted by atomic mass is 16.5. The number of carbonyl (C=O) groups excluding carboxylic acids is 3. The van der Waals surface area contributed by atoms with Crippen LogP contribution in [-0.4, -0.2) is 60.0 Å². The lowest BCUT2D eigenvalue weighted by atomic mass is 9.74. The maximum Gasteiger partial charge on any atom is 0.335 e. The van der Waals surface area contributed by atoms with Gasteiger partial charge in [0.2, 0.25) is 5.88 Å². The maximum atomic E-state index is 14.3. The molecule has 0 aliphatic carbocycles. The minimum absolute atomic E-state index is 0.0133. The summed E-state index contributed by atoms with van der Waals surface area (Å²) in [5.74, 6) is -5.24. The molecular formula is C32H30N4O8. The first kappa shape index (κ1) is 30.0. The summed E-state index contributed by atoms with van der Waals surface area (Å²) in [7, 11) is 2.47. The summed E-state index contributed by atoms with van der Waals surface area (Å²) in [6.45, 7) is 0. The van der Waals surface area contributed by atoms with E-state index in [4.69, 9.17) is 9.47 Å². The summed E-state index contributed by atoms with van der Waals surface area (Å²) in [5.41, 5.74) is 5.07. The number of carboxylic acids is 1. The highest BCUT2D eigenvalue weighted by Crippen LogP contribution is 2.44. The molecule has 12 nitrogen and oxygen atoms in total.